The van der Waals surface area contributed by atoms with Gasteiger partial charge in [-0.1, -0.05) is 12.1 Å². The predicted molar refractivity (Wildman–Crippen MR) is 114 cm³/mol. The molecule has 2 aromatic carbocycles. The molecule has 1 fully saturated rings. The van der Waals surface area contributed by atoms with Gasteiger partial charge in [-0.25, -0.2) is 9.67 Å². The molecular weight excluding hydrogens is 380 g/mol. The fourth-order valence-corrected chi connectivity index (χ4v) is 3.64. The van der Waals surface area contributed by atoms with Crippen LogP contribution in [0.2, 0.25) is 0 Å². The number of nitrogens with two attached hydrogens (primary N) is 1. The van der Waals surface area contributed by atoms with E-state index in [9.17, 15) is 9.59 Å². The molecule has 0 aliphatic carbocycles. The number of carbonyl (C=O) groups excluding carboxylic acids is 2. The molecule has 1 aliphatic heterocycles. The summed E-state index contributed by atoms with van der Waals surface area (Å²) in [5, 5.41) is 7.01. The Kier molecular flexibility index (Phi) is 5.74. The highest BCUT2D eigenvalue weighted by molar-refractivity contribution is 6.04. The maximum absolute atomic E-state index is 12.5. The molecule has 2 amide bonds. The second-order valence-electron chi connectivity index (χ2n) is 7.45. The van der Waals surface area contributed by atoms with Crippen LogP contribution in [0.5, 0.6) is 0 Å². The van der Waals surface area contributed by atoms with Gasteiger partial charge in [-0.2, -0.15) is 5.10 Å². The van der Waals surface area contributed by atoms with Gasteiger partial charge in [-0.3, -0.25) is 9.59 Å². The van der Waals surface area contributed by atoms with Crippen molar-refractivity contribution in [1.82, 2.24) is 14.8 Å². The van der Waals surface area contributed by atoms with Crippen LogP contribution in [-0.4, -0.2) is 39.7 Å². The smallest absolute Gasteiger partial charge is 0.255 e. The van der Waals surface area contributed by atoms with E-state index in [1.807, 2.05) is 36.4 Å². The lowest BCUT2D eigenvalue weighted by Gasteiger charge is -2.32. The van der Waals surface area contributed by atoms with Crippen molar-refractivity contribution in [3.05, 3.63) is 72.3 Å². The quantitative estimate of drug-likeness (QED) is 0.656. The maximum Gasteiger partial charge on any atom is 0.255 e. The topological polar surface area (TPSA) is 106 Å². The van der Waals surface area contributed by atoms with Crippen molar-refractivity contribution in [3.8, 4) is 0 Å². The van der Waals surface area contributed by atoms with E-state index in [0.29, 0.717) is 12.1 Å². The number of aromatic nitrogens is 3. The van der Waals surface area contributed by atoms with Crippen molar-refractivity contribution in [3.63, 3.8) is 0 Å². The van der Waals surface area contributed by atoms with E-state index < -0.39 is 0 Å². The fourth-order valence-electron chi connectivity index (χ4n) is 3.64. The second-order valence-corrected chi connectivity index (χ2v) is 7.45. The molecule has 8 nitrogen and oxygen atoms in total. The number of rotatable bonds is 6. The lowest BCUT2D eigenvalue weighted by atomic mass is 9.96. The van der Waals surface area contributed by atoms with Crippen LogP contribution >= 0.6 is 0 Å². The molecule has 8 heteroatoms. The highest BCUT2D eigenvalue weighted by Crippen LogP contribution is 2.24. The number of piperidine rings is 1. The van der Waals surface area contributed by atoms with Crippen LogP contribution in [0.3, 0.4) is 0 Å². The number of carbonyl (C=O) groups is 2. The molecule has 30 heavy (non-hydrogen) atoms. The van der Waals surface area contributed by atoms with Gasteiger partial charge in [0.05, 0.1) is 6.54 Å². The number of primary amides is 1. The van der Waals surface area contributed by atoms with Crippen LogP contribution in [0.25, 0.3) is 0 Å². The van der Waals surface area contributed by atoms with Gasteiger partial charge in [0.2, 0.25) is 5.91 Å². The zero-order valence-electron chi connectivity index (χ0n) is 16.6. The van der Waals surface area contributed by atoms with Gasteiger partial charge >= 0.3 is 0 Å². The van der Waals surface area contributed by atoms with Crippen molar-refractivity contribution in [2.45, 2.75) is 19.4 Å². The summed E-state index contributed by atoms with van der Waals surface area (Å²) in [5.41, 5.74) is 8.85. The molecule has 0 spiro atoms. The first kappa shape index (κ1) is 19.6. The third-order valence-electron chi connectivity index (χ3n) is 5.41. The first-order valence-electron chi connectivity index (χ1n) is 9.95. The van der Waals surface area contributed by atoms with Gasteiger partial charge < -0.3 is 16.0 Å². The summed E-state index contributed by atoms with van der Waals surface area (Å²) in [6.07, 6.45) is 4.71. The summed E-state index contributed by atoms with van der Waals surface area (Å²) in [7, 11) is 0. The third kappa shape index (κ3) is 4.65. The number of nitrogens with one attached hydrogen (secondary N) is 1. The average Bonchev–Trinajstić information content (AvgIpc) is 3.28. The molecule has 2 heterocycles. The van der Waals surface area contributed by atoms with E-state index in [1.54, 1.807) is 23.1 Å². The molecule has 0 bridgehead atoms. The molecule has 0 radical (unpaired) electrons. The van der Waals surface area contributed by atoms with Crippen molar-refractivity contribution >= 4 is 23.2 Å². The SMILES string of the molecule is NC(=O)C1CCN(c2ccc(NC(=O)c3ccc(Cn4cncn4)cc3)cc2)CC1. The van der Waals surface area contributed by atoms with Gasteiger partial charge in [0, 0.05) is 35.9 Å². The fraction of sp³-hybridized carbons (Fsp3) is 0.273. The molecule has 1 saturated heterocycles. The highest BCUT2D eigenvalue weighted by atomic mass is 16.2. The van der Waals surface area contributed by atoms with E-state index in [0.717, 1.165) is 42.9 Å². The van der Waals surface area contributed by atoms with Gasteiger partial charge in [0.1, 0.15) is 12.7 Å². The van der Waals surface area contributed by atoms with Crippen LogP contribution in [0.4, 0.5) is 11.4 Å². The van der Waals surface area contributed by atoms with Gasteiger partial charge in [0.15, 0.2) is 0 Å². The largest absolute Gasteiger partial charge is 0.371 e. The Bertz CT molecular complexity index is 991. The molecule has 1 aromatic heterocycles. The number of hydrogen-bond donors (Lipinski definition) is 2. The molecule has 154 valence electrons. The van der Waals surface area contributed by atoms with Crippen molar-refractivity contribution < 1.29 is 9.59 Å². The maximum atomic E-state index is 12.5. The minimum absolute atomic E-state index is 0.0255. The first-order chi connectivity index (χ1) is 14.6. The average molecular weight is 404 g/mol. The van der Waals surface area contributed by atoms with Gasteiger partial charge in [-0.15, -0.1) is 0 Å². The molecule has 0 unspecified atom stereocenters. The molecule has 0 saturated carbocycles. The van der Waals surface area contributed by atoms with Crippen molar-refractivity contribution in [2.75, 3.05) is 23.3 Å². The molecule has 3 aromatic rings. The summed E-state index contributed by atoms with van der Waals surface area (Å²) < 4.78 is 1.73. The number of amides is 2. The number of hydrogen-bond acceptors (Lipinski definition) is 5. The Morgan fingerprint density at radius 1 is 1.03 bits per heavy atom. The summed E-state index contributed by atoms with van der Waals surface area (Å²) in [6.45, 7) is 2.22. The zero-order chi connectivity index (χ0) is 20.9. The van der Waals surface area contributed by atoms with Crippen LogP contribution in [0, 0.1) is 5.92 Å². The molecule has 3 N–H and O–H groups in total. The minimum Gasteiger partial charge on any atom is -0.371 e. The van der Waals surface area contributed by atoms with Gasteiger partial charge in [-0.05, 0) is 54.8 Å². The number of nitrogens with zero attached hydrogens (tertiary/aromatic N) is 4. The second kappa shape index (κ2) is 8.77. The van der Waals surface area contributed by atoms with E-state index in [4.69, 9.17) is 5.73 Å². The lowest BCUT2D eigenvalue weighted by molar-refractivity contribution is -0.122. The monoisotopic (exact) mass is 404 g/mol. The summed E-state index contributed by atoms with van der Waals surface area (Å²) >= 11 is 0. The molecular formula is C22H24N6O2. The first-order valence-corrected chi connectivity index (χ1v) is 9.95. The van der Waals surface area contributed by atoms with Crippen molar-refractivity contribution in [1.29, 1.82) is 0 Å². The standard InChI is InChI=1S/C22H24N6O2/c23-21(29)17-9-11-27(12-10-17)20-7-5-19(6-8-20)26-22(30)18-3-1-16(2-4-18)13-28-15-24-14-25-28/h1-8,14-15,17H,9-13H2,(H2,23,29)(H,26,30). The summed E-state index contributed by atoms with van der Waals surface area (Å²) in [4.78, 5) is 30.0. The Labute approximate surface area is 174 Å². The predicted octanol–water partition coefficient (Wildman–Crippen LogP) is 2.28. The Morgan fingerprint density at radius 2 is 1.73 bits per heavy atom. The van der Waals surface area contributed by atoms with Crippen molar-refractivity contribution in [2.24, 2.45) is 11.7 Å². The number of benzene rings is 2. The lowest BCUT2D eigenvalue weighted by Crippen LogP contribution is -2.38. The zero-order valence-corrected chi connectivity index (χ0v) is 16.6. The minimum atomic E-state index is -0.209. The van der Waals surface area contributed by atoms with E-state index in [1.165, 1.54) is 6.33 Å². The number of anilines is 2. The third-order valence-corrected chi connectivity index (χ3v) is 5.41. The Hall–Kier alpha value is -3.68. The van der Waals surface area contributed by atoms with Crippen LogP contribution in [0.15, 0.2) is 61.2 Å². The van der Waals surface area contributed by atoms with Gasteiger partial charge in [0.25, 0.3) is 5.91 Å². The van der Waals surface area contributed by atoms with Crippen LogP contribution in [-0.2, 0) is 11.3 Å². The molecule has 4 rings (SSSR count). The normalized spacial score (nSPS) is 14.5. The summed E-state index contributed by atoms with van der Waals surface area (Å²) in [5.74, 6) is -0.390. The van der Waals surface area contributed by atoms with E-state index in [-0.39, 0.29) is 17.7 Å². The van der Waals surface area contributed by atoms with E-state index in [2.05, 4.69) is 20.3 Å². The van der Waals surface area contributed by atoms with Crippen LogP contribution < -0.4 is 16.0 Å². The van der Waals surface area contributed by atoms with Crippen LogP contribution in [0.1, 0.15) is 28.8 Å². The van der Waals surface area contributed by atoms with E-state index >= 15 is 0 Å². The Morgan fingerprint density at radius 3 is 2.33 bits per heavy atom. The highest BCUT2D eigenvalue weighted by Gasteiger charge is 2.23. The Balaban J connectivity index is 1.33. The molecule has 0 atom stereocenters. The molecule has 1 aliphatic rings. The summed E-state index contributed by atoms with van der Waals surface area (Å²) in [6, 6.07) is 15.2.